The third-order valence-electron chi connectivity index (χ3n) is 3.46. The molecule has 0 spiro atoms. The zero-order chi connectivity index (χ0) is 16.4. The lowest BCUT2D eigenvalue weighted by molar-refractivity contribution is 1.04. The first-order valence-electron chi connectivity index (χ1n) is 6.85. The minimum absolute atomic E-state index is 0.193. The molecular weight excluding hydrogens is 353 g/mol. The number of hydrogen-bond acceptors (Lipinski definition) is 3. The Bertz CT molecular complexity index is 845. The first-order chi connectivity index (χ1) is 11.1. The minimum Gasteiger partial charge on any atom is -0.368 e. The van der Waals surface area contributed by atoms with E-state index in [9.17, 15) is 0 Å². The first-order valence-corrected chi connectivity index (χ1v) is 7.99. The van der Waals surface area contributed by atoms with Gasteiger partial charge in [-0.05, 0) is 23.8 Å². The summed E-state index contributed by atoms with van der Waals surface area (Å²) in [4.78, 5) is 8.44. The third-order valence-corrected chi connectivity index (χ3v) is 4.49. The highest BCUT2D eigenvalue weighted by Gasteiger charge is 2.15. The minimum atomic E-state index is 0.193. The van der Waals surface area contributed by atoms with Crippen LogP contribution >= 0.6 is 34.8 Å². The van der Waals surface area contributed by atoms with Gasteiger partial charge in [0, 0.05) is 38.8 Å². The van der Waals surface area contributed by atoms with Gasteiger partial charge in [-0.25, -0.2) is 9.97 Å². The smallest absolute Gasteiger partial charge is 0.220 e. The van der Waals surface area contributed by atoms with Crippen LogP contribution in [0.5, 0.6) is 0 Å². The Morgan fingerprint density at radius 1 is 0.826 bits per heavy atom. The fraction of sp³-hybridized carbons (Fsp3) is 0.0588. The number of nitrogen functional groups attached to an aromatic ring is 1. The van der Waals surface area contributed by atoms with Crippen molar-refractivity contribution in [3.8, 4) is 11.1 Å². The molecular formula is C17H12Cl3N3. The van der Waals surface area contributed by atoms with Crippen molar-refractivity contribution in [2.45, 2.75) is 6.42 Å². The number of nitrogens with two attached hydrogens (primary N) is 1. The van der Waals surface area contributed by atoms with E-state index in [1.807, 2.05) is 24.3 Å². The van der Waals surface area contributed by atoms with Crippen molar-refractivity contribution in [3.63, 3.8) is 0 Å². The lowest BCUT2D eigenvalue weighted by atomic mass is 10.0. The van der Waals surface area contributed by atoms with Crippen molar-refractivity contribution in [2.75, 3.05) is 5.73 Å². The molecule has 6 heteroatoms. The molecule has 0 aliphatic heterocycles. The Morgan fingerprint density at radius 2 is 1.48 bits per heavy atom. The van der Waals surface area contributed by atoms with Crippen LogP contribution in [0.3, 0.4) is 0 Å². The number of aromatic nitrogens is 2. The molecule has 2 aromatic carbocycles. The molecule has 3 nitrogen and oxygen atoms in total. The van der Waals surface area contributed by atoms with Crippen LogP contribution in [0.25, 0.3) is 11.1 Å². The summed E-state index contributed by atoms with van der Waals surface area (Å²) in [6.07, 6.45) is 2.11. The van der Waals surface area contributed by atoms with Gasteiger partial charge in [0.15, 0.2) is 0 Å². The van der Waals surface area contributed by atoms with Gasteiger partial charge in [0.05, 0.1) is 5.69 Å². The molecule has 2 N–H and O–H groups in total. The van der Waals surface area contributed by atoms with Crippen molar-refractivity contribution in [1.29, 1.82) is 0 Å². The summed E-state index contributed by atoms with van der Waals surface area (Å²) in [6.45, 7) is 0. The van der Waals surface area contributed by atoms with Crippen molar-refractivity contribution in [1.82, 2.24) is 9.97 Å². The highest BCUT2D eigenvalue weighted by Crippen LogP contribution is 2.33. The highest BCUT2D eigenvalue weighted by atomic mass is 35.5. The lowest BCUT2D eigenvalue weighted by Crippen LogP contribution is -2.03. The molecule has 0 fully saturated rings. The Kier molecular flexibility index (Phi) is 4.71. The van der Waals surface area contributed by atoms with Crippen LogP contribution < -0.4 is 5.73 Å². The summed E-state index contributed by atoms with van der Waals surface area (Å²) >= 11 is 18.8. The topological polar surface area (TPSA) is 51.8 Å². The number of nitrogens with zero attached hydrogens (tertiary/aromatic N) is 2. The van der Waals surface area contributed by atoms with Crippen LogP contribution in [-0.4, -0.2) is 9.97 Å². The van der Waals surface area contributed by atoms with Gasteiger partial charge in [-0.1, -0.05) is 59.1 Å². The van der Waals surface area contributed by atoms with Gasteiger partial charge in [-0.2, -0.15) is 0 Å². The average molecular weight is 365 g/mol. The standard InChI is InChI=1S/C17H12Cl3N3/c18-13-5-2-1-4-10(13)12-9-22-17(21)23-16(12)8-11-14(19)6-3-7-15(11)20/h1-7,9H,8H2,(H2,21,22,23). The van der Waals surface area contributed by atoms with Gasteiger partial charge in [-0.15, -0.1) is 0 Å². The Balaban J connectivity index is 2.13. The maximum absolute atomic E-state index is 6.30. The van der Waals surface area contributed by atoms with Crippen LogP contribution in [0.15, 0.2) is 48.7 Å². The molecule has 0 aliphatic carbocycles. The molecule has 0 aliphatic rings. The van der Waals surface area contributed by atoms with Crippen molar-refractivity contribution in [3.05, 3.63) is 75.0 Å². The van der Waals surface area contributed by atoms with Crippen molar-refractivity contribution in [2.24, 2.45) is 0 Å². The van der Waals surface area contributed by atoms with Gasteiger partial charge < -0.3 is 5.73 Å². The lowest BCUT2D eigenvalue weighted by Gasteiger charge is -2.12. The quantitative estimate of drug-likeness (QED) is 0.688. The largest absolute Gasteiger partial charge is 0.368 e. The van der Waals surface area contributed by atoms with E-state index in [1.165, 1.54) is 0 Å². The molecule has 3 rings (SSSR count). The van der Waals surface area contributed by atoms with E-state index in [0.717, 1.165) is 22.4 Å². The van der Waals surface area contributed by atoms with Gasteiger partial charge in [0.25, 0.3) is 0 Å². The molecule has 0 atom stereocenters. The summed E-state index contributed by atoms with van der Waals surface area (Å²) in [5.41, 5.74) is 8.92. The maximum Gasteiger partial charge on any atom is 0.220 e. The molecule has 0 bridgehead atoms. The number of halogens is 3. The maximum atomic E-state index is 6.30. The highest BCUT2D eigenvalue weighted by molar-refractivity contribution is 6.36. The molecule has 23 heavy (non-hydrogen) atoms. The van der Waals surface area contributed by atoms with E-state index >= 15 is 0 Å². The third kappa shape index (κ3) is 3.42. The number of benzene rings is 2. The van der Waals surface area contributed by atoms with Crippen LogP contribution in [0.2, 0.25) is 15.1 Å². The van der Waals surface area contributed by atoms with E-state index in [-0.39, 0.29) is 5.95 Å². The molecule has 1 aromatic heterocycles. The van der Waals surface area contributed by atoms with Gasteiger partial charge in [0.2, 0.25) is 5.95 Å². The van der Waals surface area contributed by atoms with E-state index in [4.69, 9.17) is 40.5 Å². The second-order valence-corrected chi connectivity index (χ2v) is 6.17. The van der Waals surface area contributed by atoms with Crippen LogP contribution in [0.1, 0.15) is 11.3 Å². The van der Waals surface area contributed by atoms with Gasteiger partial charge in [0.1, 0.15) is 0 Å². The van der Waals surface area contributed by atoms with E-state index < -0.39 is 0 Å². The second-order valence-electron chi connectivity index (χ2n) is 4.95. The Hall–Kier alpha value is -1.81. The number of hydrogen-bond donors (Lipinski definition) is 1. The summed E-state index contributed by atoms with van der Waals surface area (Å²) in [5.74, 6) is 0.193. The van der Waals surface area contributed by atoms with E-state index in [2.05, 4.69) is 9.97 Å². The van der Waals surface area contributed by atoms with E-state index in [1.54, 1.807) is 24.4 Å². The summed E-state index contributed by atoms with van der Waals surface area (Å²) < 4.78 is 0. The predicted octanol–water partition coefficient (Wildman–Crippen LogP) is 5.28. The summed E-state index contributed by atoms with van der Waals surface area (Å²) in [5, 5.41) is 1.78. The fourth-order valence-corrected chi connectivity index (χ4v) is 3.11. The Labute approximate surface area is 149 Å². The van der Waals surface area contributed by atoms with Crippen molar-refractivity contribution >= 4 is 40.8 Å². The van der Waals surface area contributed by atoms with E-state index in [0.29, 0.717) is 21.5 Å². The van der Waals surface area contributed by atoms with Crippen LogP contribution in [-0.2, 0) is 6.42 Å². The molecule has 0 saturated carbocycles. The second kappa shape index (κ2) is 6.75. The van der Waals surface area contributed by atoms with Gasteiger partial charge in [-0.3, -0.25) is 0 Å². The summed E-state index contributed by atoms with van der Waals surface area (Å²) in [6, 6.07) is 12.9. The molecule has 0 unspecified atom stereocenters. The average Bonchev–Trinajstić information content (AvgIpc) is 2.52. The zero-order valence-electron chi connectivity index (χ0n) is 11.9. The Morgan fingerprint density at radius 3 is 2.17 bits per heavy atom. The first kappa shape index (κ1) is 16.1. The fourth-order valence-electron chi connectivity index (χ4n) is 2.34. The summed E-state index contributed by atoms with van der Waals surface area (Å²) in [7, 11) is 0. The predicted molar refractivity (Wildman–Crippen MR) is 96.2 cm³/mol. The number of rotatable bonds is 3. The SMILES string of the molecule is Nc1ncc(-c2ccccc2Cl)c(Cc2c(Cl)cccc2Cl)n1. The number of anilines is 1. The monoisotopic (exact) mass is 363 g/mol. The molecule has 0 radical (unpaired) electrons. The molecule has 3 aromatic rings. The van der Waals surface area contributed by atoms with Crippen molar-refractivity contribution < 1.29 is 0 Å². The normalized spacial score (nSPS) is 10.7. The molecule has 1 heterocycles. The molecule has 116 valence electrons. The molecule has 0 amide bonds. The zero-order valence-corrected chi connectivity index (χ0v) is 14.2. The van der Waals surface area contributed by atoms with Crippen LogP contribution in [0, 0.1) is 0 Å². The molecule has 0 saturated heterocycles. The van der Waals surface area contributed by atoms with Gasteiger partial charge >= 0.3 is 0 Å². The van der Waals surface area contributed by atoms with Crippen LogP contribution in [0.4, 0.5) is 5.95 Å².